The Morgan fingerprint density at radius 2 is 1.95 bits per heavy atom. The lowest BCUT2D eigenvalue weighted by Gasteiger charge is -2.19. The first-order valence-electron chi connectivity index (χ1n) is 7.46. The molecule has 0 radical (unpaired) electrons. The van der Waals surface area contributed by atoms with Crippen LogP contribution in [0.5, 0.6) is 0 Å². The largest absolute Gasteiger partial charge is 0.313 e. The summed E-state index contributed by atoms with van der Waals surface area (Å²) in [5.41, 5.74) is 4.11. The van der Waals surface area contributed by atoms with Gasteiger partial charge in [0.1, 0.15) is 0 Å². The Morgan fingerprint density at radius 1 is 1.10 bits per heavy atom. The SMILES string of the molecule is CCCNC(Cc1cccnc1)Cc1ccccc1C. The summed E-state index contributed by atoms with van der Waals surface area (Å²) in [6.07, 6.45) is 7.07. The van der Waals surface area contributed by atoms with Crippen LogP contribution in [0.2, 0.25) is 0 Å². The van der Waals surface area contributed by atoms with E-state index in [1.165, 1.54) is 16.7 Å². The zero-order chi connectivity index (χ0) is 14.2. The number of aromatic nitrogens is 1. The van der Waals surface area contributed by atoms with Gasteiger partial charge in [-0.05, 0) is 55.5 Å². The smallest absolute Gasteiger partial charge is 0.0300 e. The van der Waals surface area contributed by atoms with Crippen molar-refractivity contribution in [2.24, 2.45) is 0 Å². The van der Waals surface area contributed by atoms with Crippen molar-refractivity contribution in [1.82, 2.24) is 10.3 Å². The fourth-order valence-electron chi connectivity index (χ4n) is 2.47. The highest BCUT2D eigenvalue weighted by molar-refractivity contribution is 5.27. The maximum absolute atomic E-state index is 4.21. The summed E-state index contributed by atoms with van der Waals surface area (Å²) in [7, 11) is 0. The molecule has 0 amide bonds. The Labute approximate surface area is 122 Å². The van der Waals surface area contributed by atoms with Gasteiger partial charge in [0.15, 0.2) is 0 Å². The van der Waals surface area contributed by atoms with Crippen LogP contribution in [0.3, 0.4) is 0 Å². The van der Waals surface area contributed by atoms with Gasteiger partial charge in [0.05, 0.1) is 0 Å². The summed E-state index contributed by atoms with van der Waals surface area (Å²) in [5, 5.41) is 3.67. The number of pyridine rings is 1. The van der Waals surface area contributed by atoms with Crippen LogP contribution in [0.25, 0.3) is 0 Å². The van der Waals surface area contributed by atoms with E-state index in [1.807, 2.05) is 18.5 Å². The summed E-state index contributed by atoms with van der Waals surface area (Å²) >= 11 is 0. The van der Waals surface area contributed by atoms with Gasteiger partial charge in [0, 0.05) is 18.4 Å². The van der Waals surface area contributed by atoms with E-state index in [0.717, 1.165) is 25.8 Å². The molecule has 2 nitrogen and oxygen atoms in total. The second kappa shape index (κ2) is 7.81. The molecule has 0 bridgehead atoms. The third-order valence-corrected chi connectivity index (χ3v) is 3.62. The Morgan fingerprint density at radius 3 is 2.65 bits per heavy atom. The third kappa shape index (κ3) is 4.46. The van der Waals surface area contributed by atoms with E-state index < -0.39 is 0 Å². The third-order valence-electron chi connectivity index (χ3n) is 3.62. The minimum Gasteiger partial charge on any atom is -0.313 e. The molecule has 1 atom stereocenters. The maximum atomic E-state index is 4.21. The standard InChI is InChI=1S/C18H24N2/c1-3-10-20-18(12-16-8-6-11-19-14-16)13-17-9-5-4-7-15(17)2/h4-9,11,14,18,20H,3,10,12-13H2,1-2H3. The molecule has 1 aromatic carbocycles. The van der Waals surface area contributed by atoms with Gasteiger partial charge in [-0.2, -0.15) is 0 Å². The Bertz CT molecular complexity index is 508. The highest BCUT2D eigenvalue weighted by Crippen LogP contribution is 2.12. The Hall–Kier alpha value is -1.67. The summed E-state index contributed by atoms with van der Waals surface area (Å²) in [6.45, 7) is 5.47. The second-order valence-electron chi connectivity index (χ2n) is 5.35. The Balaban J connectivity index is 2.05. The van der Waals surface area contributed by atoms with E-state index in [9.17, 15) is 0 Å². The average Bonchev–Trinajstić information content (AvgIpc) is 2.48. The molecule has 1 heterocycles. The highest BCUT2D eigenvalue weighted by Gasteiger charge is 2.11. The number of nitrogens with one attached hydrogen (secondary N) is 1. The van der Waals surface area contributed by atoms with E-state index in [0.29, 0.717) is 6.04 Å². The quantitative estimate of drug-likeness (QED) is 0.830. The van der Waals surface area contributed by atoms with E-state index in [4.69, 9.17) is 0 Å². The minimum absolute atomic E-state index is 0.472. The summed E-state index contributed by atoms with van der Waals surface area (Å²) in [5.74, 6) is 0. The molecule has 0 aliphatic carbocycles. The minimum atomic E-state index is 0.472. The normalized spacial score (nSPS) is 12.3. The molecular weight excluding hydrogens is 244 g/mol. The van der Waals surface area contributed by atoms with E-state index >= 15 is 0 Å². The Kier molecular flexibility index (Phi) is 5.75. The first-order chi connectivity index (χ1) is 9.79. The lowest BCUT2D eigenvalue weighted by molar-refractivity contribution is 0.503. The van der Waals surface area contributed by atoms with E-state index in [-0.39, 0.29) is 0 Å². The molecule has 0 aliphatic rings. The topological polar surface area (TPSA) is 24.9 Å². The van der Waals surface area contributed by atoms with E-state index in [2.05, 4.69) is 54.5 Å². The summed E-state index contributed by atoms with van der Waals surface area (Å²) in [6, 6.07) is 13.3. The van der Waals surface area contributed by atoms with Crippen molar-refractivity contribution in [3.8, 4) is 0 Å². The van der Waals surface area contributed by atoms with Gasteiger partial charge >= 0.3 is 0 Å². The molecule has 2 rings (SSSR count). The molecule has 1 N–H and O–H groups in total. The van der Waals surface area contributed by atoms with Crippen LogP contribution in [0.15, 0.2) is 48.8 Å². The molecule has 106 valence electrons. The number of aryl methyl sites for hydroxylation is 1. The van der Waals surface area contributed by atoms with Crippen LogP contribution in [0, 0.1) is 6.92 Å². The van der Waals surface area contributed by atoms with Gasteiger partial charge in [-0.25, -0.2) is 0 Å². The fraction of sp³-hybridized carbons (Fsp3) is 0.389. The number of hydrogen-bond donors (Lipinski definition) is 1. The number of hydrogen-bond acceptors (Lipinski definition) is 2. The predicted octanol–water partition coefficient (Wildman–Crippen LogP) is 3.54. The molecular formula is C18H24N2. The van der Waals surface area contributed by atoms with Crippen LogP contribution >= 0.6 is 0 Å². The molecule has 0 saturated carbocycles. The highest BCUT2D eigenvalue weighted by atomic mass is 14.9. The van der Waals surface area contributed by atoms with Crippen molar-refractivity contribution in [2.45, 2.75) is 39.2 Å². The van der Waals surface area contributed by atoms with Crippen LogP contribution in [0.1, 0.15) is 30.0 Å². The molecule has 0 spiro atoms. The first-order valence-corrected chi connectivity index (χ1v) is 7.46. The van der Waals surface area contributed by atoms with Crippen LogP contribution < -0.4 is 5.32 Å². The van der Waals surface area contributed by atoms with Crippen LogP contribution in [-0.2, 0) is 12.8 Å². The van der Waals surface area contributed by atoms with Gasteiger partial charge in [0.25, 0.3) is 0 Å². The van der Waals surface area contributed by atoms with Crippen LogP contribution in [0.4, 0.5) is 0 Å². The zero-order valence-electron chi connectivity index (χ0n) is 12.5. The molecule has 2 aromatic rings. The lowest BCUT2D eigenvalue weighted by atomic mass is 9.97. The molecule has 0 aliphatic heterocycles. The zero-order valence-corrected chi connectivity index (χ0v) is 12.5. The monoisotopic (exact) mass is 268 g/mol. The molecule has 0 saturated heterocycles. The molecule has 1 aromatic heterocycles. The van der Waals surface area contributed by atoms with Crippen molar-refractivity contribution in [1.29, 1.82) is 0 Å². The van der Waals surface area contributed by atoms with Gasteiger partial charge in [0.2, 0.25) is 0 Å². The van der Waals surface area contributed by atoms with Gasteiger partial charge in [-0.1, -0.05) is 37.3 Å². The van der Waals surface area contributed by atoms with Crippen molar-refractivity contribution < 1.29 is 0 Å². The van der Waals surface area contributed by atoms with Crippen molar-refractivity contribution in [3.63, 3.8) is 0 Å². The molecule has 0 fully saturated rings. The molecule has 20 heavy (non-hydrogen) atoms. The molecule has 1 unspecified atom stereocenters. The van der Waals surface area contributed by atoms with Crippen molar-refractivity contribution in [3.05, 3.63) is 65.5 Å². The summed E-state index contributed by atoms with van der Waals surface area (Å²) < 4.78 is 0. The van der Waals surface area contributed by atoms with Crippen LogP contribution in [-0.4, -0.2) is 17.6 Å². The second-order valence-corrected chi connectivity index (χ2v) is 5.35. The van der Waals surface area contributed by atoms with Gasteiger partial charge in [-0.3, -0.25) is 4.98 Å². The number of nitrogens with zero attached hydrogens (tertiary/aromatic N) is 1. The predicted molar refractivity (Wildman–Crippen MR) is 84.9 cm³/mol. The van der Waals surface area contributed by atoms with Crippen molar-refractivity contribution in [2.75, 3.05) is 6.54 Å². The average molecular weight is 268 g/mol. The fourth-order valence-corrected chi connectivity index (χ4v) is 2.47. The number of rotatable bonds is 7. The lowest BCUT2D eigenvalue weighted by Crippen LogP contribution is -2.34. The van der Waals surface area contributed by atoms with E-state index in [1.54, 1.807) is 0 Å². The first kappa shape index (κ1) is 14.7. The number of benzene rings is 1. The molecule has 2 heteroatoms. The maximum Gasteiger partial charge on any atom is 0.0300 e. The van der Waals surface area contributed by atoms with Gasteiger partial charge in [-0.15, -0.1) is 0 Å². The summed E-state index contributed by atoms with van der Waals surface area (Å²) in [4.78, 5) is 4.21. The van der Waals surface area contributed by atoms with Gasteiger partial charge < -0.3 is 5.32 Å². The van der Waals surface area contributed by atoms with Crippen molar-refractivity contribution >= 4 is 0 Å².